The average Bonchev–Trinajstić information content (AvgIpc) is 3.47. The second-order valence-corrected chi connectivity index (χ2v) is 11.5. The molecule has 0 bridgehead atoms. The number of benzene rings is 7. The molecule has 0 saturated carbocycles. The van der Waals surface area contributed by atoms with Crippen LogP contribution in [0.4, 0.5) is 0 Å². The number of hydrogen-bond acceptors (Lipinski definition) is 2. The topological polar surface area (TPSA) is 30.7 Å². The van der Waals surface area contributed by atoms with Gasteiger partial charge in [0.25, 0.3) is 0 Å². The summed E-state index contributed by atoms with van der Waals surface area (Å²) < 4.78 is 2.39. The van der Waals surface area contributed by atoms with Gasteiger partial charge in [0.15, 0.2) is 5.82 Å². The lowest BCUT2D eigenvalue weighted by Crippen LogP contribution is -1.96. The van der Waals surface area contributed by atoms with Crippen LogP contribution in [0.5, 0.6) is 0 Å². The number of rotatable bonds is 5. The lowest BCUT2D eigenvalue weighted by atomic mass is 10.0. The minimum atomic E-state index is 0.717. The Labute approximate surface area is 261 Å². The van der Waals surface area contributed by atoms with Gasteiger partial charge in [0.1, 0.15) is 0 Å². The van der Waals surface area contributed by atoms with Gasteiger partial charge in [-0.05, 0) is 52.2 Å². The minimum absolute atomic E-state index is 0.717. The summed E-state index contributed by atoms with van der Waals surface area (Å²) in [4.78, 5) is 9.98. The van der Waals surface area contributed by atoms with Crippen molar-refractivity contribution >= 4 is 32.6 Å². The van der Waals surface area contributed by atoms with E-state index in [4.69, 9.17) is 9.97 Å². The van der Waals surface area contributed by atoms with Gasteiger partial charge in [-0.3, -0.25) is 0 Å². The monoisotopic (exact) mass is 573 g/mol. The van der Waals surface area contributed by atoms with Crippen LogP contribution in [0.25, 0.3) is 83.3 Å². The first-order valence-corrected chi connectivity index (χ1v) is 15.3. The molecule has 0 unspecified atom stereocenters. The van der Waals surface area contributed by atoms with Crippen molar-refractivity contribution in [3.05, 3.63) is 164 Å². The lowest BCUT2D eigenvalue weighted by Gasteiger charge is -2.11. The SMILES string of the molecule is c1ccc(-c2cc(-c3ccccc3)nc(-c3ccc(-c4ccc(-n5c6cccc7ccc8cccc5c8c76)cc4)cc3)n2)cc1. The Morgan fingerprint density at radius 3 is 1.33 bits per heavy atom. The first-order chi connectivity index (χ1) is 22.3. The highest BCUT2D eigenvalue weighted by Gasteiger charge is 2.16. The Bertz CT molecular complexity index is 2320. The quantitative estimate of drug-likeness (QED) is 0.192. The van der Waals surface area contributed by atoms with Crippen LogP contribution in [0.3, 0.4) is 0 Å². The summed E-state index contributed by atoms with van der Waals surface area (Å²) in [7, 11) is 0. The van der Waals surface area contributed by atoms with Crippen LogP contribution >= 0.6 is 0 Å². The van der Waals surface area contributed by atoms with E-state index in [0.717, 1.165) is 39.3 Å². The summed E-state index contributed by atoms with van der Waals surface area (Å²) >= 11 is 0. The van der Waals surface area contributed by atoms with Gasteiger partial charge in [-0.1, -0.05) is 133 Å². The maximum atomic E-state index is 4.99. The summed E-state index contributed by atoms with van der Waals surface area (Å²) in [6.07, 6.45) is 0. The molecule has 0 aliphatic rings. The second-order valence-electron chi connectivity index (χ2n) is 11.5. The van der Waals surface area contributed by atoms with E-state index in [1.54, 1.807) is 0 Å². The van der Waals surface area contributed by atoms with Crippen molar-refractivity contribution in [2.75, 3.05) is 0 Å². The Kier molecular flexibility index (Phi) is 5.82. The van der Waals surface area contributed by atoms with Crippen LogP contribution in [0.2, 0.25) is 0 Å². The molecule has 0 saturated heterocycles. The molecular weight excluding hydrogens is 546 g/mol. The molecule has 210 valence electrons. The zero-order chi connectivity index (χ0) is 29.7. The third-order valence-electron chi connectivity index (χ3n) is 8.79. The molecule has 0 N–H and O–H groups in total. The van der Waals surface area contributed by atoms with Crippen LogP contribution in [-0.2, 0) is 0 Å². The van der Waals surface area contributed by atoms with Gasteiger partial charge in [0.05, 0.1) is 22.4 Å². The van der Waals surface area contributed by atoms with Gasteiger partial charge in [-0.25, -0.2) is 9.97 Å². The Morgan fingerprint density at radius 1 is 0.356 bits per heavy atom. The van der Waals surface area contributed by atoms with Crippen molar-refractivity contribution in [1.29, 1.82) is 0 Å². The van der Waals surface area contributed by atoms with Gasteiger partial charge < -0.3 is 4.57 Å². The summed E-state index contributed by atoms with van der Waals surface area (Å²) in [5.74, 6) is 0.717. The maximum absolute atomic E-state index is 4.99. The largest absolute Gasteiger partial charge is 0.309 e. The third kappa shape index (κ3) is 4.29. The zero-order valence-electron chi connectivity index (χ0n) is 24.4. The van der Waals surface area contributed by atoms with Crippen LogP contribution in [-0.4, -0.2) is 14.5 Å². The van der Waals surface area contributed by atoms with Crippen molar-refractivity contribution in [3.8, 4) is 50.7 Å². The Balaban J connectivity index is 1.08. The van der Waals surface area contributed by atoms with Gasteiger partial charge >= 0.3 is 0 Å². The van der Waals surface area contributed by atoms with Crippen LogP contribution in [0.1, 0.15) is 0 Å². The van der Waals surface area contributed by atoms with E-state index in [0.29, 0.717) is 5.82 Å². The number of aromatic nitrogens is 3. The molecule has 0 fully saturated rings. The minimum Gasteiger partial charge on any atom is -0.309 e. The van der Waals surface area contributed by atoms with Crippen molar-refractivity contribution < 1.29 is 0 Å². The Morgan fingerprint density at radius 2 is 0.822 bits per heavy atom. The summed E-state index contributed by atoms with van der Waals surface area (Å²) in [5, 5.41) is 5.22. The molecule has 0 atom stereocenters. The van der Waals surface area contributed by atoms with Crippen molar-refractivity contribution in [2.24, 2.45) is 0 Å². The average molecular weight is 574 g/mol. The van der Waals surface area contributed by atoms with E-state index in [1.165, 1.54) is 38.1 Å². The predicted octanol–water partition coefficient (Wildman–Crippen LogP) is 10.8. The molecule has 9 rings (SSSR count). The van der Waals surface area contributed by atoms with E-state index >= 15 is 0 Å². The van der Waals surface area contributed by atoms with Crippen LogP contribution in [0.15, 0.2) is 164 Å². The van der Waals surface area contributed by atoms with Gasteiger partial charge in [-0.2, -0.15) is 0 Å². The van der Waals surface area contributed by atoms with E-state index in [-0.39, 0.29) is 0 Å². The van der Waals surface area contributed by atoms with E-state index < -0.39 is 0 Å². The Hall–Kier alpha value is -6.06. The zero-order valence-corrected chi connectivity index (χ0v) is 24.4. The predicted molar refractivity (Wildman–Crippen MR) is 187 cm³/mol. The fourth-order valence-corrected chi connectivity index (χ4v) is 6.60. The molecule has 3 nitrogen and oxygen atoms in total. The standard InChI is InChI=1S/C42H27N3/c1-3-9-30(10-4-1)36-27-37(31-11-5-2-6-12-31)44-42(43-36)34-21-17-28(18-22-34)29-23-25-35(26-24-29)45-38-15-7-13-32-19-20-33-14-8-16-39(45)41(33)40(32)38/h1-27H. The van der Waals surface area contributed by atoms with E-state index in [1.807, 2.05) is 36.4 Å². The fraction of sp³-hybridized carbons (Fsp3) is 0. The highest BCUT2D eigenvalue weighted by atomic mass is 15.0. The second kappa shape index (κ2) is 10.3. The molecule has 3 heteroatoms. The molecule has 2 heterocycles. The maximum Gasteiger partial charge on any atom is 0.160 e. The smallest absolute Gasteiger partial charge is 0.160 e. The molecular formula is C42H27N3. The number of nitrogens with zero attached hydrogens (tertiary/aromatic N) is 3. The first kappa shape index (κ1) is 25.4. The summed E-state index contributed by atoms with van der Waals surface area (Å²) in [6.45, 7) is 0. The molecule has 0 radical (unpaired) electrons. The molecule has 0 aliphatic heterocycles. The van der Waals surface area contributed by atoms with Crippen LogP contribution in [0, 0.1) is 0 Å². The molecule has 45 heavy (non-hydrogen) atoms. The summed E-state index contributed by atoms with van der Waals surface area (Å²) in [5.41, 5.74) is 10.9. The fourth-order valence-electron chi connectivity index (χ4n) is 6.60. The molecule has 9 aromatic rings. The van der Waals surface area contributed by atoms with Crippen molar-refractivity contribution in [1.82, 2.24) is 14.5 Å². The van der Waals surface area contributed by atoms with E-state index in [2.05, 4.69) is 132 Å². The molecule has 0 amide bonds. The molecule has 0 aliphatic carbocycles. The highest BCUT2D eigenvalue weighted by molar-refractivity contribution is 6.24. The number of hydrogen-bond donors (Lipinski definition) is 0. The molecule has 0 spiro atoms. The molecule has 2 aromatic heterocycles. The first-order valence-electron chi connectivity index (χ1n) is 15.3. The lowest BCUT2D eigenvalue weighted by molar-refractivity contribution is 1.18. The van der Waals surface area contributed by atoms with Gasteiger partial charge in [-0.15, -0.1) is 0 Å². The van der Waals surface area contributed by atoms with Crippen LogP contribution < -0.4 is 0 Å². The van der Waals surface area contributed by atoms with Crippen molar-refractivity contribution in [2.45, 2.75) is 0 Å². The highest BCUT2D eigenvalue weighted by Crippen LogP contribution is 2.39. The van der Waals surface area contributed by atoms with Gasteiger partial charge in [0, 0.05) is 33.2 Å². The molecule has 7 aromatic carbocycles. The third-order valence-corrected chi connectivity index (χ3v) is 8.79. The summed E-state index contributed by atoms with van der Waals surface area (Å²) in [6, 6.07) is 57.8. The van der Waals surface area contributed by atoms with Gasteiger partial charge in [0.2, 0.25) is 0 Å². The van der Waals surface area contributed by atoms with Crippen molar-refractivity contribution in [3.63, 3.8) is 0 Å². The normalized spacial score (nSPS) is 11.6. The van der Waals surface area contributed by atoms with E-state index in [9.17, 15) is 0 Å².